The van der Waals surface area contributed by atoms with Crippen LogP contribution in [0.5, 0.6) is 0 Å². The Hall–Kier alpha value is -0.380. The molecule has 0 aliphatic rings. The minimum atomic E-state index is -0.246. The fourth-order valence-electron chi connectivity index (χ4n) is 1.58. The van der Waals surface area contributed by atoms with E-state index in [2.05, 4.69) is 23.7 Å². The van der Waals surface area contributed by atoms with E-state index in [4.69, 9.17) is 9.47 Å². The Morgan fingerprint density at radius 3 is 2.30 bits per heavy atom. The summed E-state index contributed by atoms with van der Waals surface area (Å²) in [6.45, 7) is 11.6. The van der Waals surface area contributed by atoms with Crippen molar-refractivity contribution in [3.63, 3.8) is 0 Å². The molecule has 0 radical (unpaired) electrons. The highest BCUT2D eigenvalue weighted by atomic mass is 32.2. The van der Waals surface area contributed by atoms with Crippen LogP contribution in [-0.2, 0) is 9.47 Å². The van der Waals surface area contributed by atoms with Crippen LogP contribution in [0.15, 0.2) is 4.99 Å². The third-order valence-corrected chi connectivity index (χ3v) is 3.72. The van der Waals surface area contributed by atoms with Gasteiger partial charge in [-0.15, -0.1) is 0 Å². The number of unbranched alkanes of at least 4 members (excludes halogenated alkanes) is 3. The van der Waals surface area contributed by atoms with E-state index in [0.717, 1.165) is 13.0 Å². The summed E-state index contributed by atoms with van der Waals surface area (Å²) in [6, 6.07) is 0. The molecule has 0 aliphatic heterocycles. The molecule has 0 aromatic rings. The number of hydrogen-bond donors (Lipinski definition) is 0. The lowest BCUT2D eigenvalue weighted by Crippen LogP contribution is -2.26. The van der Waals surface area contributed by atoms with E-state index in [1.807, 2.05) is 27.7 Å². The van der Waals surface area contributed by atoms with Crippen molar-refractivity contribution in [2.24, 2.45) is 4.99 Å². The molecule has 20 heavy (non-hydrogen) atoms. The minimum absolute atomic E-state index is 0.246. The van der Waals surface area contributed by atoms with E-state index in [-0.39, 0.29) is 5.60 Å². The van der Waals surface area contributed by atoms with Crippen LogP contribution < -0.4 is 0 Å². The van der Waals surface area contributed by atoms with Crippen molar-refractivity contribution in [3.8, 4) is 0 Å². The van der Waals surface area contributed by atoms with E-state index < -0.39 is 0 Å². The summed E-state index contributed by atoms with van der Waals surface area (Å²) in [7, 11) is 0. The molecule has 0 aromatic heterocycles. The highest BCUT2D eigenvalue weighted by Crippen LogP contribution is 2.10. The van der Waals surface area contributed by atoms with Crippen LogP contribution in [0.25, 0.3) is 0 Å². The van der Waals surface area contributed by atoms with E-state index >= 15 is 0 Å². The molecular formula is C16H33NO2S. The molecule has 0 spiro atoms. The van der Waals surface area contributed by atoms with E-state index in [0.29, 0.717) is 12.7 Å². The fraction of sp³-hybridized carbons (Fsp3) is 0.938. The van der Waals surface area contributed by atoms with E-state index in [9.17, 15) is 0 Å². The fourth-order valence-corrected chi connectivity index (χ4v) is 2.48. The molecule has 120 valence electrons. The molecule has 3 nitrogen and oxygen atoms in total. The Bertz CT molecular complexity index is 249. The first-order chi connectivity index (χ1) is 9.49. The Morgan fingerprint density at radius 2 is 1.70 bits per heavy atom. The average Bonchev–Trinajstić information content (AvgIpc) is 2.35. The van der Waals surface area contributed by atoms with Gasteiger partial charge in [-0.2, -0.15) is 11.8 Å². The van der Waals surface area contributed by atoms with E-state index in [1.165, 1.54) is 37.2 Å². The van der Waals surface area contributed by atoms with Crippen LogP contribution in [0, 0.1) is 0 Å². The van der Waals surface area contributed by atoms with Crippen molar-refractivity contribution >= 4 is 17.8 Å². The first-order valence-corrected chi connectivity index (χ1v) is 9.09. The molecule has 0 saturated heterocycles. The van der Waals surface area contributed by atoms with Gasteiger partial charge in [-0.3, -0.25) is 0 Å². The highest BCUT2D eigenvalue weighted by Gasteiger charge is 2.15. The van der Waals surface area contributed by atoms with Crippen molar-refractivity contribution in [2.75, 3.05) is 24.7 Å². The minimum Gasteiger partial charge on any atom is -0.451 e. The number of nitrogens with zero attached hydrogens (tertiary/aromatic N) is 1. The summed E-state index contributed by atoms with van der Waals surface area (Å²) in [5.41, 5.74) is -0.246. The summed E-state index contributed by atoms with van der Waals surface area (Å²) in [6.07, 6.45) is 6.71. The monoisotopic (exact) mass is 303 g/mol. The molecule has 0 N–H and O–H groups in total. The standard InChI is InChI=1S/C16H33NO2S/c1-6-13-20-14-11-9-8-10-12-17-15(18-7-2)19-16(3,4)5/h6-14H2,1-5H3. The number of hydrogen-bond acceptors (Lipinski definition) is 4. The zero-order chi connectivity index (χ0) is 15.3. The van der Waals surface area contributed by atoms with Crippen LogP contribution in [-0.4, -0.2) is 36.3 Å². The second-order valence-electron chi connectivity index (χ2n) is 5.82. The van der Waals surface area contributed by atoms with Gasteiger partial charge < -0.3 is 9.47 Å². The first kappa shape index (κ1) is 19.6. The smallest absolute Gasteiger partial charge is 0.383 e. The maximum atomic E-state index is 5.67. The van der Waals surface area contributed by atoms with Crippen LogP contribution in [0.3, 0.4) is 0 Å². The normalized spacial score (nSPS) is 12.6. The third kappa shape index (κ3) is 14.0. The zero-order valence-electron chi connectivity index (χ0n) is 14.0. The summed E-state index contributed by atoms with van der Waals surface area (Å²) >= 11 is 2.07. The van der Waals surface area contributed by atoms with Crippen molar-refractivity contribution < 1.29 is 9.47 Å². The van der Waals surface area contributed by atoms with Gasteiger partial charge in [0.15, 0.2) is 0 Å². The van der Waals surface area contributed by atoms with Crippen molar-refractivity contribution in [3.05, 3.63) is 0 Å². The molecule has 0 amide bonds. The predicted octanol–water partition coefficient (Wildman–Crippen LogP) is 4.90. The SMILES string of the molecule is CCCSCCCCCCN=C(OCC)OC(C)(C)C. The highest BCUT2D eigenvalue weighted by molar-refractivity contribution is 7.99. The number of aliphatic imine (C=N–C) groups is 1. The molecule has 0 bridgehead atoms. The molecule has 0 saturated carbocycles. The molecule has 0 unspecified atom stereocenters. The van der Waals surface area contributed by atoms with Gasteiger partial charge >= 0.3 is 6.08 Å². The molecule has 0 heterocycles. The molecule has 0 aliphatic carbocycles. The number of thioether (sulfide) groups is 1. The maximum absolute atomic E-state index is 5.67. The Kier molecular flexibility index (Phi) is 12.1. The van der Waals surface area contributed by atoms with Gasteiger partial charge in [0, 0.05) is 6.54 Å². The Balaban J connectivity index is 3.67. The topological polar surface area (TPSA) is 30.8 Å². The van der Waals surface area contributed by atoms with Gasteiger partial charge in [0.1, 0.15) is 5.60 Å². The van der Waals surface area contributed by atoms with Crippen LogP contribution >= 0.6 is 11.8 Å². The maximum Gasteiger partial charge on any atom is 0.383 e. The zero-order valence-corrected chi connectivity index (χ0v) is 14.9. The van der Waals surface area contributed by atoms with Crippen molar-refractivity contribution in [2.45, 2.75) is 72.3 Å². The lowest BCUT2D eigenvalue weighted by atomic mass is 10.2. The molecule has 0 rings (SSSR count). The van der Waals surface area contributed by atoms with E-state index in [1.54, 1.807) is 0 Å². The van der Waals surface area contributed by atoms with Gasteiger partial charge in [-0.05, 0) is 58.5 Å². The quantitative estimate of drug-likeness (QED) is 0.327. The lowest BCUT2D eigenvalue weighted by Gasteiger charge is -2.21. The second-order valence-corrected chi connectivity index (χ2v) is 7.05. The Morgan fingerprint density at radius 1 is 1.00 bits per heavy atom. The van der Waals surface area contributed by atoms with Crippen molar-refractivity contribution in [1.29, 1.82) is 0 Å². The van der Waals surface area contributed by atoms with Gasteiger partial charge in [0.2, 0.25) is 0 Å². The van der Waals surface area contributed by atoms with Crippen LogP contribution in [0.4, 0.5) is 0 Å². The molecule has 0 fully saturated rings. The Labute approximate surface area is 129 Å². The largest absolute Gasteiger partial charge is 0.451 e. The third-order valence-electron chi connectivity index (χ3n) is 2.45. The number of ether oxygens (including phenoxy) is 2. The predicted molar refractivity (Wildman–Crippen MR) is 90.9 cm³/mol. The summed E-state index contributed by atoms with van der Waals surface area (Å²) < 4.78 is 11.1. The van der Waals surface area contributed by atoms with Crippen molar-refractivity contribution in [1.82, 2.24) is 0 Å². The van der Waals surface area contributed by atoms with Crippen LogP contribution in [0.1, 0.15) is 66.7 Å². The van der Waals surface area contributed by atoms with Crippen LogP contribution in [0.2, 0.25) is 0 Å². The summed E-state index contributed by atoms with van der Waals surface area (Å²) in [5, 5.41) is 0. The molecule has 0 atom stereocenters. The van der Waals surface area contributed by atoms with Gasteiger partial charge in [0.25, 0.3) is 0 Å². The van der Waals surface area contributed by atoms with Gasteiger partial charge in [-0.25, -0.2) is 4.99 Å². The molecule has 4 heteroatoms. The molecular weight excluding hydrogens is 270 g/mol. The lowest BCUT2D eigenvalue weighted by molar-refractivity contribution is 0.0601. The number of rotatable bonds is 10. The molecule has 0 aromatic carbocycles. The summed E-state index contributed by atoms with van der Waals surface area (Å²) in [5.74, 6) is 2.60. The second kappa shape index (κ2) is 12.4. The van der Waals surface area contributed by atoms with Gasteiger partial charge in [0.05, 0.1) is 6.61 Å². The average molecular weight is 304 g/mol. The van der Waals surface area contributed by atoms with Gasteiger partial charge in [-0.1, -0.05) is 19.8 Å². The summed E-state index contributed by atoms with van der Waals surface area (Å²) in [4.78, 5) is 4.41. The first-order valence-electron chi connectivity index (χ1n) is 7.93.